The number of esters is 1. The summed E-state index contributed by atoms with van der Waals surface area (Å²) in [4.78, 5) is 25.5. The molecular formula is C20H18O5S. The second-order valence-corrected chi connectivity index (χ2v) is 6.63. The smallest absolute Gasteiger partial charge is 0.306 e. The molecular weight excluding hydrogens is 352 g/mol. The molecule has 26 heavy (non-hydrogen) atoms. The quantitative estimate of drug-likeness (QED) is 0.542. The van der Waals surface area contributed by atoms with Gasteiger partial charge in [0.1, 0.15) is 5.58 Å². The number of ether oxygens (including phenoxy) is 1. The Morgan fingerprint density at radius 3 is 2.54 bits per heavy atom. The van der Waals surface area contributed by atoms with Gasteiger partial charge in [-0.05, 0) is 36.1 Å². The summed E-state index contributed by atoms with van der Waals surface area (Å²) in [7, 11) is 1.30. The fourth-order valence-electron chi connectivity index (χ4n) is 2.83. The van der Waals surface area contributed by atoms with Crippen LogP contribution in [0.5, 0.6) is 5.75 Å². The van der Waals surface area contributed by atoms with Crippen molar-refractivity contribution >= 4 is 28.7 Å². The number of hydrogen-bond donors (Lipinski definition) is 1. The van der Waals surface area contributed by atoms with Gasteiger partial charge in [0, 0.05) is 4.90 Å². The minimum absolute atomic E-state index is 0.0516. The average Bonchev–Trinajstić information content (AvgIpc) is 2.69. The number of fused-ring (bicyclic) bond motifs is 1. The predicted molar refractivity (Wildman–Crippen MR) is 101 cm³/mol. The Balaban J connectivity index is 2.17. The van der Waals surface area contributed by atoms with Crippen molar-refractivity contribution in [3.63, 3.8) is 0 Å². The number of para-hydroxylation sites is 1. The van der Waals surface area contributed by atoms with Crippen molar-refractivity contribution in [1.82, 2.24) is 0 Å². The summed E-state index contributed by atoms with van der Waals surface area (Å²) in [5, 5.41) is 10.7. The highest BCUT2D eigenvalue weighted by atomic mass is 32.2. The Hall–Kier alpha value is -2.73. The third-order valence-electron chi connectivity index (χ3n) is 4.23. The summed E-state index contributed by atoms with van der Waals surface area (Å²) < 4.78 is 10.6. The maximum atomic E-state index is 12.5. The van der Waals surface area contributed by atoms with Crippen LogP contribution in [0.2, 0.25) is 0 Å². The minimum Gasteiger partial charge on any atom is -0.502 e. The van der Waals surface area contributed by atoms with Crippen LogP contribution < -0.4 is 5.43 Å². The van der Waals surface area contributed by atoms with E-state index in [-0.39, 0.29) is 12.2 Å². The second kappa shape index (κ2) is 7.66. The molecule has 134 valence electrons. The highest BCUT2D eigenvalue weighted by Gasteiger charge is 2.27. The lowest BCUT2D eigenvalue weighted by molar-refractivity contribution is -0.140. The molecule has 1 aromatic heterocycles. The summed E-state index contributed by atoms with van der Waals surface area (Å²) in [6.07, 6.45) is 1.92. The van der Waals surface area contributed by atoms with E-state index in [4.69, 9.17) is 9.15 Å². The van der Waals surface area contributed by atoms with E-state index in [1.807, 2.05) is 30.5 Å². The molecule has 0 radical (unpaired) electrons. The number of rotatable bonds is 5. The molecule has 0 unspecified atom stereocenters. The Morgan fingerprint density at radius 1 is 1.19 bits per heavy atom. The van der Waals surface area contributed by atoms with Gasteiger partial charge < -0.3 is 14.3 Å². The van der Waals surface area contributed by atoms with Crippen molar-refractivity contribution < 1.29 is 19.1 Å². The first-order valence-electron chi connectivity index (χ1n) is 8.00. The van der Waals surface area contributed by atoms with E-state index >= 15 is 0 Å². The van der Waals surface area contributed by atoms with Crippen LogP contribution in [0.1, 0.15) is 23.7 Å². The number of methoxy groups -OCH3 is 1. The molecule has 0 bridgehead atoms. The molecule has 0 fully saturated rings. The first-order valence-corrected chi connectivity index (χ1v) is 9.23. The van der Waals surface area contributed by atoms with Gasteiger partial charge >= 0.3 is 5.97 Å². The minimum atomic E-state index is -0.629. The Labute approximate surface area is 154 Å². The van der Waals surface area contributed by atoms with Gasteiger partial charge in [0.15, 0.2) is 5.76 Å². The van der Waals surface area contributed by atoms with Crippen LogP contribution >= 0.6 is 11.8 Å². The third kappa shape index (κ3) is 3.46. The van der Waals surface area contributed by atoms with Crippen molar-refractivity contribution in [3.8, 4) is 5.75 Å². The maximum Gasteiger partial charge on any atom is 0.306 e. The van der Waals surface area contributed by atoms with E-state index in [0.29, 0.717) is 11.0 Å². The molecule has 0 aliphatic rings. The molecule has 6 heteroatoms. The fourth-order valence-corrected chi connectivity index (χ4v) is 3.24. The predicted octanol–water partition coefficient (Wildman–Crippen LogP) is 3.92. The molecule has 3 aromatic rings. The summed E-state index contributed by atoms with van der Waals surface area (Å²) >= 11 is 1.60. The lowest BCUT2D eigenvalue weighted by Crippen LogP contribution is -2.13. The molecule has 1 N–H and O–H groups in total. The van der Waals surface area contributed by atoms with Crippen LogP contribution in [0, 0.1) is 0 Å². The standard InChI is InChI=1S/C20H18O5S/c1-24-17(21)11-15(12-7-9-13(26-2)10-8-12)20-19(23)18(22)14-5-3-4-6-16(14)25-20/h3-10,15,23H,11H2,1-2H3/t15-/m1/s1. The van der Waals surface area contributed by atoms with Crippen LogP contribution in [0.4, 0.5) is 0 Å². The molecule has 0 spiro atoms. The molecule has 0 aliphatic heterocycles. The molecule has 0 amide bonds. The Morgan fingerprint density at radius 2 is 1.88 bits per heavy atom. The summed E-state index contributed by atoms with van der Waals surface area (Å²) in [5.41, 5.74) is 0.597. The van der Waals surface area contributed by atoms with Gasteiger partial charge in [-0.3, -0.25) is 9.59 Å². The van der Waals surface area contributed by atoms with E-state index in [0.717, 1.165) is 10.5 Å². The summed E-state index contributed by atoms with van der Waals surface area (Å²) in [6.45, 7) is 0. The van der Waals surface area contributed by atoms with E-state index in [1.165, 1.54) is 7.11 Å². The van der Waals surface area contributed by atoms with E-state index in [1.54, 1.807) is 36.0 Å². The average molecular weight is 370 g/mol. The van der Waals surface area contributed by atoms with Gasteiger partial charge in [-0.1, -0.05) is 24.3 Å². The highest BCUT2D eigenvalue weighted by Crippen LogP contribution is 2.35. The zero-order valence-electron chi connectivity index (χ0n) is 14.4. The molecule has 0 aliphatic carbocycles. The zero-order chi connectivity index (χ0) is 18.7. The van der Waals surface area contributed by atoms with Crippen LogP contribution in [0.25, 0.3) is 11.0 Å². The number of benzene rings is 2. The van der Waals surface area contributed by atoms with Gasteiger partial charge in [-0.25, -0.2) is 0 Å². The van der Waals surface area contributed by atoms with Crippen LogP contribution in [0.3, 0.4) is 0 Å². The van der Waals surface area contributed by atoms with Crippen LogP contribution in [0.15, 0.2) is 62.6 Å². The Bertz CT molecular complexity index is 991. The molecule has 0 saturated carbocycles. The number of thioether (sulfide) groups is 1. The second-order valence-electron chi connectivity index (χ2n) is 5.75. The van der Waals surface area contributed by atoms with Crippen molar-refractivity contribution in [3.05, 3.63) is 70.1 Å². The molecule has 3 rings (SSSR count). The van der Waals surface area contributed by atoms with Crippen molar-refractivity contribution in [2.45, 2.75) is 17.2 Å². The van der Waals surface area contributed by atoms with E-state index in [9.17, 15) is 14.7 Å². The van der Waals surface area contributed by atoms with E-state index in [2.05, 4.69) is 0 Å². The Kier molecular flexibility index (Phi) is 5.32. The largest absolute Gasteiger partial charge is 0.502 e. The lowest BCUT2D eigenvalue weighted by atomic mass is 9.92. The molecule has 2 aromatic carbocycles. The topological polar surface area (TPSA) is 76.7 Å². The van der Waals surface area contributed by atoms with Crippen LogP contribution in [-0.2, 0) is 9.53 Å². The zero-order valence-corrected chi connectivity index (χ0v) is 15.2. The normalized spacial score (nSPS) is 12.1. The van der Waals surface area contributed by atoms with Gasteiger partial charge in [0.2, 0.25) is 11.2 Å². The van der Waals surface area contributed by atoms with Crippen molar-refractivity contribution in [2.24, 2.45) is 0 Å². The third-order valence-corrected chi connectivity index (χ3v) is 4.98. The molecule has 5 nitrogen and oxygen atoms in total. The fraction of sp³-hybridized carbons (Fsp3) is 0.200. The maximum absolute atomic E-state index is 12.5. The molecule has 1 atom stereocenters. The van der Waals surface area contributed by atoms with E-state index < -0.39 is 23.1 Å². The summed E-state index contributed by atoms with van der Waals surface area (Å²) in [6, 6.07) is 14.2. The van der Waals surface area contributed by atoms with Crippen LogP contribution in [-0.4, -0.2) is 24.4 Å². The number of carbonyl (C=O) groups excluding carboxylic acids is 1. The van der Waals surface area contributed by atoms with Crippen molar-refractivity contribution in [1.29, 1.82) is 0 Å². The van der Waals surface area contributed by atoms with Gasteiger partial charge in [-0.15, -0.1) is 11.8 Å². The first-order chi connectivity index (χ1) is 12.5. The van der Waals surface area contributed by atoms with Gasteiger partial charge in [0.25, 0.3) is 0 Å². The SMILES string of the molecule is COC(=O)C[C@H](c1ccc(SC)cc1)c1oc2ccccc2c(=O)c1O. The molecule has 0 saturated heterocycles. The number of aromatic hydroxyl groups is 1. The number of carbonyl (C=O) groups is 1. The first kappa shape index (κ1) is 18.1. The number of hydrogen-bond acceptors (Lipinski definition) is 6. The van der Waals surface area contributed by atoms with Gasteiger partial charge in [-0.2, -0.15) is 0 Å². The van der Waals surface area contributed by atoms with Gasteiger partial charge in [0.05, 0.1) is 24.8 Å². The summed E-state index contributed by atoms with van der Waals surface area (Å²) in [5.74, 6) is -1.50. The highest BCUT2D eigenvalue weighted by molar-refractivity contribution is 7.98. The lowest BCUT2D eigenvalue weighted by Gasteiger charge is -2.17. The monoisotopic (exact) mass is 370 g/mol. The van der Waals surface area contributed by atoms with Crippen molar-refractivity contribution in [2.75, 3.05) is 13.4 Å². The molecule has 1 heterocycles.